The summed E-state index contributed by atoms with van der Waals surface area (Å²) < 4.78 is 16.7. The van der Waals surface area contributed by atoms with Crippen molar-refractivity contribution in [3.05, 3.63) is 48.0 Å². The summed E-state index contributed by atoms with van der Waals surface area (Å²) in [7, 11) is 0. The third-order valence-corrected chi connectivity index (χ3v) is 4.29. The predicted octanol–water partition coefficient (Wildman–Crippen LogP) is 2.34. The molecule has 2 aliphatic heterocycles. The lowest BCUT2D eigenvalue weighted by atomic mass is 10.1. The molecule has 0 fully saturated rings. The SMILES string of the molecule is O=C(O)[C@H]1CN(C(=O)c2ccc3c(c2)OCCCO3)c2ccccc2O1. The smallest absolute Gasteiger partial charge is 0.346 e. The molecular weight excluding hydrogens is 338 g/mol. The minimum atomic E-state index is -1.12. The Balaban J connectivity index is 1.69. The quantitative estimate of drug-likeness (QED) is 0.890. The minimum absolute atomic E-state index is 0.0698. The Hall–Kier alpha value is -3.22. The number of fused-ring (bicyclic) bond motifs is 2. The molecule has 2 heterocycles. The van der Waals surface area contributed by atoms with E-state index in [4.69, 9.17) is 14.2 Å². The normalized spacial score (nSPS) is 18.3. The first-order valence-corrected chi connectivity index (χ1v) is 8.33. The van der Waals surface area contributed by atoms with Crippen LogP contribution in [0.3, 0.4) is 0 Å². The topological polar surface area (TPSA) is 85.3 Å². The van der Waals surface area contributed by atoms with Gasteiger partial charge in [-0.05, 0) is 30.3 Å². The molecule has 7 nitrogen and oxygen atoms in total. The number of hydrogen-bond acceptors (Lipinski definition) is 5. The monoisotopic (exact) mass is 355 g/mol. The van der Waals surface area contributed by atoms with Gasteiger partial charge >= 0.3 is 5.97 Å². The van der Waals surface area contributed by atoms with Crippen molar-refractivity contribution >= 4 is 17.6 Å². The zero-order valence-corrected chi connectivity index (χ0v) is 13.9. The lowest BCUT2D eigenvalue weighted by Crippen LogP contribution is -2.47. The fourth-order valence-corrected chi connectivity index (χ4v) is 3.01. The van der Waals surface area contributed by atoms with Crippen LogP contribution in [0.4, 0.5) is 5.69 Å². The van der Waals surface area contributed by atoms with Crippen LogP contribution in [0.5, 0.6) is 17.2 Å². The summed E-state index contributed by atoms with van der Waals surface area (Å²) >= 11 is 0. The molecule has 0 radical (unpaired) electrons. The van der Waals surface area contributed by atoms with Gasteiger partial charge < -0.3 is 24.2 Å². The number of nitrogens with zero attached hydrogens (tertiary/aromatic N) is 1. The standard InChI is InChI=1S/C19H17NO6/c21-18(12-6-7-15-16(10-12)25-9-3-8-24-15)20-11-17(19(22)23)26-14-5-2-1-4-13(14)20/h1-2,4-7,10,17H,3,8-9,11H2,(H,22,23)/t17-/m1/s1. The molecule has 1 N–H and O–H groups in total. The molecule has 7 heteroatoms. The van der Waals surface area contributed by atoms with E-state index in [-0.39, 0.29) is 12.5 Å². The molecule has 0 spiro atoms. The van der Waals surface area contributed by atoms with Crippen molar-refractivity contribution in [2.75, 3.05) is 24.7 Å². The van der Waals surface area contributed by atoms with Crippen LogP contribution < -0.4 is 19.1 Å². The second-order valence-corrected chi connectivity index (χ2v) is 6.04. The average molecular weight is 355 g/mol. The van der Waals surface area contributed by atoms with Gasteiger partial charge in [0.1, 0.15) is 5.75 Å². The van der Waals surface area contributed by atoms with E-state index in [0.717, 1.165) is 6.42 Å². The van der Waals surface area contributed by atoms with E-state index in [2.05, 4.69) is 0 Å². The Labute approximate surface area is 149 Å². The van der Waals surface area contributed by atoms with Gasteiger partial charge in [0.2, 0.25) is 6.10 Å². The number of amides is 1. The highest BCUT2D eigenvalue weighted by Gasteiger charge is 2.34. The number of carboxylic acid groups (broad SMARTS) is 1. The third-order valence-electron chi connectivity index (χ3n) is 4.29. The molecule has 26 heavy (non-hydrogen) atoms. The average Bonchev–Trinajstić information content (AvgIpc) is 2.91. The van der Waals surface area contributed by atoms with Crippen LogP contribution in [0.15, 0.2) is 42.5 Å². The maximum Gasteiger partial charge on any atom is 0.346 e. The summed E-state index contributed by atoms with van der Waals surface area (Å²) in [5.74, 6) is 0.0574. The second kappa shape index (κ2) is 6.59. The van der Waals surface area contributed by atoms with Crippen molar-refractivity contribution in [3.63, 3.8) is 0 Å². The van der Waals surface area contributed by atoms with Gasteiger partial charge in [0.25, 0.3) is 5.91 Å². The fraction of sp³-hybridized carbons (Fsp3) is 0.263. The van der Waals surface area contributed by atoms with E-state index in [0.29, 0.717) is 41.7 Å². The zero-order valence-electron chi connectivity index (χ0n) is 13.9. The summed E-state index contributed by atoms with van der Waals surface area (Å²) in [4.78, 5) is 25.9. The molecule has 0 aliphatic carbocycles. The molecule has 0 saturated carbocycles. The molecule has 0 saturated heterocycles. The van der Waals surface area contributed by atoms with Crippen molar-refractivity contribution in [2.24, 2.45) is 0 Å². The Morgan fingerprint density at radius 1 is 1.00 bits per heavy atom. The van der Waals surface area contributed by atoms with E-state index in [1.807, 2.05) is 0 Å². The van der Waals surface area contributed by atoms with E-state index in [1.165, 1.54) is 4.90 Å². The van der Waals surface area contributed by atoms with Crippen LogP contribution in [0, 0.1) is 0 Å². The number of anilines is 1. The third kappa shape index (κ3) is 2.92. The summed E-state index contributed by atoms with van der Waals surface area (Å²) in [5, 5.41) is 9.32. The lowest BCUT2D eigenvalue weighted by molar-refractivity contribution is -0.144. The van der Waals surface area contributed by atoms with Gasteiger partial charge in [-0.2, -0.15) is 0 Å². The molecule has 1 amide bonds. The Kier molecular flexibility index (Phi) is 4.12. The molecule has 2 aliphatic rings. The molecular formula is C19H17NO6. The first kappa shape index (κ1) is 16.3. The second-order valence-electron chi connectivity index (χ2n) is 6.04. The molecule has 0 aromatic heterocycles. The van der Waals surface area contributed by atoms with Crippen molar-refractivity contribution in [1.29, 1.82) is 0 Å². The number of carboxylic acids is 1. The number of aliphatic carboxylic acids is 1. The Morgan fingerprint density at radius 2 is 1.77 bits per heavy atom. The highest BCUT2D eigenvalue weighted by atomic mass is 16.5. The zero-order chi connectivity index (χ0) is 18.1. The Morgan fingerprint density at radius 3 is 2.58 bits per heavy atom. The van der Waals surface area contributed by atoms with Gasteiger partial charge in [0.05, 0.1) is 25.4 Å². The molecule has 2 aromatic carbocycles. The summed E-state index contributed by atoms with van der Waals surface area (Å²) in [6.07, 6.45) is -0.344. The molecule has 0 unspecified atom stereocenters. The number of para-hydroxylation sites is 2. The van der Waals surface area contributed by atoms with Crippen LogP contribution in [0.25, 0.3) is 0 Å². The number of hydrogen-bond donors (Lipinski definition) is 1. The molecule has 134 valence electrons. The van der Waals surface area contributed by atoms with Gasteiger partial charge in [-0.25, -0.2) is 4.79 Å². The molecule has 2 aromatic rings. The first-order chi connectivity index (χ1) is 12.6. The summed E-state index contributed by atoms with van der Waals surface area (Å²) in [6.45, 7) is 1.02. The highest BCUT2D eigenvalue weighted by molar-refractivity contribution is 6.08. The minimum Gasteiger partial charge on any atom is -0.490 e. The fourth-order valence-electron chi connectivity index (χ4n) is 3.01. The molecule has 4 rings (SSSR count). The summed E-state index contributed by atoms with van der Waals surface area (Å²) in [6, 6.07) is 11.9. The van der Waals surface area contributed by atoms with Crippen LogP contribution in [-0.4, -0.2) is 42.8 Å². The van der Waals surface area contributed by atoms with E-state index >= 15 is 0 Å². The van der Waals surface area contributed by atoms with Crippen LogP contribution in [0.2, 0.25) is 0 Å². The largest absolute Gasteiger partial charge is 0.490 e. The van der Waals surface area contributed by atoms with Gasteiger partial charge in [-0.15, -0.1) is 0 Å². The van der Waals surface area contributed by atoms with Gasteiger partial charge in [0, 0.05) is 12.0 Å². The van der Waals surface area contributed by atoms with E-state index < -0.39 is 12.1 Å². The van der Waals surface area contributed by atoms with E-state index in [9.17, 15) is 14.7 Å². The number of carbonyl (C=O) groups excluding carboxylic acids is 1. The molecule has 1 atom stereocenters. The van der Waals surface area contributed by atoms with Crippen LogP contribution in [-0.2, 0) is 4.79 Å². The molecule has 0 bridgehead atoms. The maximum atomic E-state index is 13.1. The van der Waals surface area contributed by atoms with Gasteiger partial charge in [-0.1, -0.05) is 12.1 Å². The van der Waals surface area contributed by atoms with Crippen molar-refractivity contribution in [2.45, 2.75) is 12.5 Å². The van der Waals surface area contributed by atoms with Gasteiger partial charge in [0.15, 0.2) is 11.5 Å². The van der Waals surface area contributed by atoms with Crippen molar-refractivity contribution in [1.82, 2.24) is 0 Å². The number of ether oxygens (including phenoxy) is 3. The summed E-state index contributed by atoms with van der Waals surface area (Å²) in [5.41, 5.74) is 0.942. The first-order valence-electron chi connectivity index (χ1n) is 8.33. The number of rotatable bonds is 2. The predicted molar refractivity (Wildman–Crippen MR) is 92.2 cm³/mol. The number of carbonyl (C=O) groups is 2. The lowest BCUT2D eigenvalue weighted by Gasteiger charge is -2.33. The van der Waals surface area contributed by atoms with Crippen LogP contribution >= 0.6 is 0 Å². The van der Waals surface area contributed by atoms with Gasteiger partial charge in [-0.3, -0.25) is 4.79 Å². The maximum absolute atomic E-state index is 13.1. The number of benzene rings is 2. The van der Waals surface area contributed by atoms with Crippen molar-refractivity contribution in [3.8, 4) is 17.2 Å². The van der Waals surface area contributed by atoms with Crippen LogP contribution in [0.1, 0.15) is 16.8 Å². The highest BCUT2D eigenvalue weighted by Crippen LogP contribution is 2.36. The van der Waals surface area contributed by atoms with E-state index in [1.54, 1.807) is 42.5 Å². The Bertz CT molecular complexity index is 865. The van der Waals surface area contributed by atoms with Crippen molar-refractivity contribution < 1.29 is 28.9 Å².